The first-order chi connectivity index (χ1) is 8.08. The first-order valence-corrected chi connectivity index (χ1v) is 5.46. The molecular formula is C12H13N5. The lowest BCUT2D eigenvalue weighted by Crippen LogP contribution is -2.04. The molecule has 17 heavy (non-hydrogen) atoms. The molecule has 0 aliphatic carbocycles. The van der Waals surface area contributed by atoms with Gasteiger partial charge in [0.1, 0.15) is 5.82 Å². The first-order valence-electron chi connectivity index (χ1n) is 5.46. The van der Waals surface area contributed by atoms with E-state index >= 15 is 0 Å². The highest BCUT2D eigenvalue weighted by molar-refractivity contribution is 5.84. The second-order valence-corrected chi connectivity index (χ2v) is 4.25. The van der Waals surface area contributed by atoms with Gasteiger partial charge in [-0.05, 0) is 38.0 Å². The van der Waals surface area contributed by atoms with Crippen LogP contribution >= 0.6 is 0 Å². The average molecular weight is 227 g/mol. The van der Waals surface area contributed by atoms with Gasteiger partial charge in [-0.1, -0.05) is 6.07 Å². The molecule has 0 aliphatic heterocycles. The van der Waals surface area contributed by atoms with E-state index in [9.17, 15) is 0 Å². The fourth-order valence-electron chi connectivity index (χ4n) is 2.05. The third kappa shape index (κ3) is 1.28. The maximum absolute atomic E-state index is 5.93. The van der Waals surface area contributed by atoms with E-state index in [4.69, 9.17) is 5.73 Å². The Kier molecular flexibility index (Phi) is 1.86. The Morgan fingerprint density at radius 1 is 1.06 bits per heavy atom. The summed E-state index contributed by atoms with van der Waals surface area (Å²) in [6.07, 6.45) is 0. The van der Waals surface area contributed by atoms with Gasteiger partial charge in [-0.3, -0.25) is 0 Å². The predicted molar refractivity (Wildman–Crippen MR) is 66.9 cm³/mol. The predicted octanol–water partition coefficient (Wildman–Crippen LogP) is 1.78. The summed E-state index contributed by atoms with van der Waals surface area (Å²) in [7, 11) is 0. The van der Waals surface area contributed by atoms with Crippen LogP contribution in [0.25, 0.3) is 16.8 Å². The van der Waals surface area contributed by atoms with Crippen molar-refractivity contribution in [3.63, 3.8) is 0 Å². The van der Waals surface area contributed by atoms with Gasteiger partial charge >= 0.3 is 0 Å². The smallest absolute Gasteiger partial charge is 0.239 e. The number of benzene rings is 1. The SMILES string of the molecule is Cc1nc(N)n2c(n1)nc1c(C)c(C)ccc12. The number of hydrogen-bond donors (Lipinski definition) is 1. The minimum absolute atomic E-state index is 0.429. The average Bonchev–Trinajstić information content (AvgIpc) is 2.62. The molecule has 3 aromatic rings. The zero-order valence-electron chi connectivity index (χ0n) is 10.0. The monoisotopic (exact) mass is 227 g/mol. The molecule has 1 aromatic carbocycles. The van der Waals surface area contributed by atoms with Crippen molar-refractivity contribution in [2.75, 3.05) is 5.73 Å². The molecule has 0 atom stereocenters. The Bertz CT molecular complexity index is 742. The molecule has 3 rings (SSSR count). The van der Waals surface area contributed by atoms with E-state index in [-0.39, 0.29) is 0 Å². The van der Waals surface area contributed by atoms with Crippen molar-refractivity contribution in [1.29, 1.82) is 0 Å². The number of anilines is 1. The molecule has 2 heterocycles. The molecule has 0 aliphatic rings. The van der Waals surface area contributed by atoms with Crippen molar-refractivity contribution in [2.45, 2.75) is 20.8 Å². The Morgan fingerprint density at radius 3 is 2.59 bits per heavy atom. The van der Waals surface area contributed by atoms with E-state index in [1.54, 1.807) is 4.40 Å². The van der Waals surface area contributed by atoms with Gasteiger partial charge in [0.25, 0.3) is 0 Å². The maximum atomic E-state index is 5.93. The minimum atomic E-state index is 0.429. The number of nitrogen functional groups attached to an aromatic ring is 1. The molecule has 2 aromatic heterocycles. The molecule has 2 N–H and O–H groups in total. The van der Waals surface area contributed by atoms with Gasteiger partial charge in [0.15, 0.2) is 0 Å². The minimum Gasteiger partial charge on any atom is -0.369 e. The first kappa shape index (κ1) is 10.0. The summed E-state index contributed by atoms with van der Waals surface area (Å²) in [6.45, 7) is 5.94. The maximum Gasteiger partial charge on any atom is 0.239 e. The normalized spacial score (nSPS) is 11.5. The van der Waals surface area contributed by atoms with Crippen molar-refractivity contribution < 1.29 is 0 Å². The van der Waals surface area contributed by atoms with Crippen LogP contribution in [0, 0.1) is 20.8 Å². The largest absolute Gasteiger partial charge is 0.369 e. The summed E-state index contributed by atoms with van der Waals surface area (Å²) in [5.74, 6) is 1.68. The summed E-state index contributed by atoms with van der Waals surface area (Å²) in [5, 5.41) is 0. The summed E-state index contributed by atoms with van der Waals surface area (Å²) < 4.78 is 1.79. The van der Waals surface area contributed by atoms with Crippen LogP contribution in [-0.2, 0) is 0 Å². The van der Waals surface area contributed by atoms with Crippen LogP contribution in [0.2, 0.25) is 0 Å². The Hall–Kier alpha value is -2.17. The molecule has 5 nitrogen and oxygen atoms in total. The van der Waals surface area contributed by atoms with Crippen LogP contribution in [0.3, 0.4) is 0 Å². The van der Waals surface area contributed by atoms with E-state index in [1.165, 1.54) is 5.56 Å². The van der Waals surface area contributed by atoms with Crippen molar-refractivity contribution in [3.8, 4) is 0 Å². The van der Waals surface area contributed by atoms with Crippen LogP contribution in [-0.4, -0.2) is 19.4 Å². The number of nitrogens with two attached hydrogens (primary N) is 1. The fraction of sp³-hybridized carbons (Fsp3) is 0.250. The Labute approximate surface area is 98.3 Å². The van der Waals surface area contributed by atoms with E-state index in [1.807, 2.05) is 13.0 Å². The van der Waals surface area contributed by atoms with Crippen molar-refractivity contribution in [2.24, 2.45) is 0 Å². The molecular weight excluding hydrogens is 214 g/mol. The molecule has 0 amide bonds. The van der Waals surface area contributed by atoms with Gasteiger partial charge in [0.05, 0.1) is 11.0 Å². The lowest BCUT2D eigenvalue weighted by atomic mass is 10.1. The van der Waals surface area contributed by atoms with E-state index in [0.717, 1.165) is 16.6 Å². The van der Waals surface area contributed by atoms with Crippen LogP contribution in [0.15, 0.2) is 12.1 Å². The molecule has 0 bridgehead atoms. The number of hydrogen-bond acceptors (Lipinski definition) is 4. The third-order valence-corrected chi connectivity index (χ3v) is 3.10. The van der Waals surface area contributed by atoms with E-state index in [0.29, 0.717) is 17.6 Å². The van der Waals surface area contributed by atoms with Crippen molar-refractivity contribution >= 4 is 22.8 Å². The van der Waals surface area contributed by atoms with Gasteiger partial charge in [0, 0.05) is 0 Å². The lowest BCUT2D eigenvalue weighted by Gasteiger charge is -2.02. The second-order valence-electron chi connectivity index (χ2n) is 4.25. The molecule has 0 saturated heterocycles. The second kappa shape index (κ2) is 3.16. The topological polar surface area (TPSA) is 69.1 Å². The lowest BCUT2D eigenvalue weighted by molar-refractivity contribution is 0.984. The van der Waals surface area contributed by atoms with Crippen LogP contribution < -0.4 is 5.73 Å². The van der Waals surface area contributed by atoms with Crippen molar-refractivity contribution in [3.05, 3.63) is 29.1 Å². The van der Waals surface area contributed by atoms with E-state index in [2.05, 4.69) is 34.9 Å². The molecule has 0 radical (unpaired) electrons. The summed E-state index contributed by atoms with van der Waals surface area (Å²) in [6, 6.07) is 4.07. The number of fused-ring (bicyclic) bond motifs is 3. The summed E-state index contributed by atoms with van der Waals surface area (Å²) in [5.41, 5.74) is 10.2. The molecule has 0 saturated carbocycles. The molecule has 5 heteroatoms. The zero-order chi connectivity index (χ0) is 12.2. The van der Waals surface area contributed by atoms with Crippen LogP contribution in [0.5, 0.6) is 0 Å². The van der Waals surface area contributed by atoms with Crippen LogP contribution in [0.4, 0.5) is 5.95 Å². The fourth-order valence-corrected chi connectivity index (χ4v) is 2.05. The van der Waals surface area contributed by atoms with E-state index < -0.39 is 0 Å². The van der Waals surface area contributed by atoms with Gasteiger partial charge in [0.2, 0.25) is 11.7 Å². The molecule has 0 fully saturated rings. The highest BCUT2D eigenvalue weighted by Gasteiger charge is 2.12. The number of aryl methyl sites for hydroxylation is 3. The summed E-state index contributed by atoms with van der Waals surface area (Å²) in [4.78, 5) is 13.0. The number of aromatic nitrogens is 4. The van der Waals surface area contributed by atoms with Gasteiger partial charge in [-0.25, -0.2) is 9.38 Å². The Balaban J connectivity index is 2.59. The molecule has 0 unspecified atom stereocenters. The van der Waals surface area contributed by atoms with Crippen LogP contribution in [0.1, 0.15) is 17.0 Å². The third-order valence-electron chi connectivity index (χ3n) is 3.10. The summed E-state index contributed by atoms with van der Waals surface area (Å²) >= 11 is 0. The highest BCUT2D eigenvalue weighted by Crippen LogP contribution is 2.23. The zero-order valence-corrected chi connectivity index (χ0v) is 10.0. The number of nitrogens with zero attached hydrogens (tertiary/aromatic N) is 4. The highest BCUT2D eigenvalue weighted by atomic mass is 15.2. The van der Waals surface area contributed by atoms with Gasteiger partial charge < -0.3 is 5.73 Å². The van der Waals surface area contributed by atoms with Crippen molar-refractivity contribution in [1.82, 2.24) is 19.4 Å². The van der Waals surface area contributed by atoms with Gasteiger partial charge in [-0.2, -0.15) is 9.97 Å². The number of imidazole rings is 1. The molecule has 86 valence electrons. The Morgan fingerprint density at radius 2 is 1.82 bits per heavy atom. The van der Waals surface area contributed by atoms with Gasteiger partial charge in [-0.15, -0.1) is 0 Å². The molecule has 0 spiro atoms. The standard InChI is InChI=1S/C12H13N5/c1-6-4-5-9-10(7(6)2)16-12-15-8(3)14-11(13)17(9)12/h4-5H,1-3H3,(H2,13,14,15,16). The number of rotatable bonds is 0. The quantitative estimate of drug-likeness (QED) is 0.635.